The van der Waals surface area contributed by atoms with E-state index < -0.39 is 0 Å². The van der Waals surface area contributed by atoms with Gasteiger partial charge in [0.1, 0.15) is 0 Å². The third-order valence-electron chi connectivity index (χ3n) is 4.11. The lowest BCUT2D eigenvalue weighted by Crippen LogP contribution is -2.25. The Morgan fingerprint density at radius 3 is 2.63 bits per heavy atom. The fraction of sp³-hybridized carbons (Fsp3) is 0.294. The van der Waals surface area contributed by atoms with Gasteiger partial charge in [0, 0.05) is 9.61 Å². The van der Waals surface area contributed by atoms with Crippen LogP contribution < -0.4 is 5.32 Å². The average molecular weight is 363 g/mol. The van der Waals surface area contributed by atoms with Gasteiger partial charge in [-0.1, -0.05) is 42.5 Å². The first-order valence-electron chi connectivity index (χ1n) is 6.79. The van der Waals surface area contributed by atoms with Crippen molar-refractivity contribution < 1.29 is 0 Å². The molecule has 3 rings (SSSR count). The summed E-state index contributed by atoms with van der Waals surface area (Å²) in [6, 6.07) is 18.0. The molecule has 0 spiro atoms. The Balaban J connectivity index is 1.78. The summed E-state index contributed by atoms with van der Waals surface area (Å²) in [5.41, 5.74) is 4.51. The highest BCUT2D eigenvalue weighted by Gasteiger charge is 2.28. The van der Waals surface area contributed by atoms with Crippen LogP contribution in [0.25, 0.3) is 0 Å². The molecule has 0 aromatic heterocycles. The molecule has 2 atom stereocenters. The van der Waals surface area contributed by atoms with Crippen molar-refractivity contribution >= 4 is 22.6 Å². The molecule has 0 amide bonds. The summed E-state index contributed by atoms with van der Waals surface area (Å²) in [7, 11) is 2.07. The van der Waals surface area contributed by atoms with Crippen LogP contribution in [-0.4, -0.2) is 7.05 Å². The molecule has 1 N–H and O–H groups in total. The van der Waals surface area contributed by atoms with E-state index in [0.29, 0.717) is 12.0 Å². The quantitative estimate of drug-likeness (QED) is 0.800. The Kier molecular flexibility index (Phi) is 3.89. The highest BCUT2D eigenvalue weighted by molar-refractivity contribution is 14.1. The second-order valence-corrected chi connectivity index (χ2v) is 6.36. The molecule has 0 aliphatic heterocycles. The van der Waals surface area contributed by atoms with Gasteiger partial charge in [0.05, 0.1) is 0 Å². The Hall–Kier alpha value is -0.870. The van der Waals surface area contributed by atoms with Crippen LogP contribution in [0, 0.1) is 3.57 Å². The van der Waals surface area contributed by atoms with Crippen molar-refractivity contribution in [2.24, 2.45) is 0 Å². The molecular weight excluding hydrogens is 345 g/mol. The lowest BCUT2D eigenvalue weighted by Gasteiger charge is -2.33. The first-order valence-corrected chi connectivity index (χ1v) is 7.87. The third kappa shape index (κ3) is 2.56. The number of halogens is 1. The Morgan fingerprint density at radius 2 is 1.89 bits per heavy atom. The van der Waals surface area contributed by atoms with Crippen molar-refractivity contribution in [1.29, 1.82) is 0 Å². The molecule has 1 nitrogen and oxygen atoms in total. The number of benzene rings is 2. The third-order valence-corrected chi connectivity index (χ3v) is 5.09. The van der Waals surface area contributed by atoms with E-state index in [9.17, 15) is 0 Å². The van der Waals surface area contributed by atoms with Gasteiger partial charge >= 0.3 is 0 Å². The summed E-state index contributed by atoms with van der Waals surface area (Å²) in [5, 5.41) is 3.48. The fourth-order valence-electron chi connectivity index (χ4n) is 3.02. The zero-order chi connectivity index (χ0) is 13.2. The normalized spacial score (nSPS) is 18.5. The maximum atomic E-state index is 3.48. The molecule has 0 saturated carbocycles. The van der Waals surface area contributed by atoms with E-state index in [-0.39, 0.29) is 0 Å². The van der Waals surface area contributed by atoms with Crippen molar-refractivity contribution in [3.05, 3.63) is 68.8 Å². The Bertz CT molecular complexity index is 579. The lowest BCUT2D eigenvalue weighted by molar-refractivity contribution is 0.451. The summed E-state index contributed by atoms with van der Waals surface area (Å²) in [6.45, 7) is 0. The molecule has 19 heavy (non-hydrogen) atoms. The van der Waals surface area contributed by atoms with Crippen molar-refractivity contribution in [2.75, 3.05) is 7.05 Å². The van der Waals surface area contributed by atoms with E-state index in [2.05, 4.69) is 83.5 Å². The van der Waals surface area contributed by atoms with Crippen LogP contribution in [0.5, 0.6) is 0 Å². The topological polar surface area (TPSA) is 12.0 Å². The van der Waals surface area contributed by atoms with Crippen LogP contribution in [0.15, 0.2) is 48.5 Å². The highest BCUT2D eigenvalue weighted by atomic mass is 127. The summed E-state index contributed by atoms with van der Waals surface area (Å²) < 4.78 is 1.35. The molecule has 0 fully saturated rings. The first-order chi connectivity index (χ1) is 9.29. The van der Waals surface area contributed by atoms with Gasteiger partial charge in [-0.25, -0.2) is 0 Å². The van der Waals surface area contributed by atoms with Gasteiger partial charge in [-0.3, -0.25) is 0 Å². The first kappa shape index (κ1) is 13.1. The molecule has 1 aliphatic carbocycles. The van der Waals surface area contributed by atoms with Crippen LogP contribution >= 0.6 is 22.6 Å². The number of rotatable bonds is 4. The van der Waals surface area contributed by atoms with Crippen LogP contribution in [0.2, 0.25) is 0 Å². The lowest BCUT2D eigenvalue weighted by atomic mass is 9.74. The predicted octanol–water partition coefficient (Wildman–Crippen LogP) is 4.28. The molecule has 0 bridgehead atoms. The molecule has 0 saturated heterocycles. The zero-order valence-corrected chi connectivity index (χ0v) is 13.2. The van der Waals surface area contributed by atoms with Gasteiger partial charge in [0.15, 0.2) is 0 Å². The molecular formula is C17H18IN. The standard InChI is InChI=1S/C17H18IN/c1-19-17(15-8-4-5-9-16(15)18)11-13-10-12-6-2-3-7-14(12)13/h2-9,13,17,19H,10-11H2,1H3. The van der Waals surface area contributed by atoms with Crippen molar-refractivity contribution in [2.45, 2.75) is 24.8 Å². The molecule has 1 aliphatic rings. The van der Waals surface area contributed by atoms with E-state index in [1.54, 1.807) is 5.56 Å². The number of nitrogens with one attached hydrogen (secondary N) is 1. The number of hydrogen-bond donors (Lipinski definition) is 1. The van der Waals surface area contributed by atoms with Gasteiger partial charge < -0.3 is 5.32 Å². The van der Waals surface area contributed by atoms with E-state index in [1.165, 1.54) is 27.5 Å². The summed E-state index contributed by atoms with van der Waals surface area (Å²) in [5.74, 6) is 0.713. The van der Waals surface area contributed by atoms with Crippen LogP contribution in [0.1, 0.15) is 35.1 Å². The van der Waals surface area contributed by atoms with Gasteiger partial charge in [-0.05, 0) is 71.2 Å². The second kappa shape index (κ2) is 5.63. The molecule has 0 heterocycles. The molecule has 0 radical (unpaired) electrons. The minimum absolute atomic E-state index is 0.450. The molecule has 2 unspecified atom stereocenters. The van der Waals surface area contributed by atoms with Gasteiger partial charge in [-0.15, -0.1) is 0 Å². The average Bonchev–Trinajstić information content (AvgIpc) is 2.42. The van der Waals surface area contributed by atoms with Gasteiger partial charge in [-0.2, -0.15) is 0 Å². The SMILES string of the molecule is CNC(CC1Cc2ccccc21)c1ccccc1I. The largest absolute Gasteiger partial charge is 0.313 e. The minimum atomic E-state index is 0.450. The summed E-state index contributed by atoms with van der Waals surface area (Å²) in [6.07, 6.45) is 2.42. The smallest absolute Gasteiger partial charge is 0.0334 e. The zero-order valence-electron chi connectivity index (χ0n) is 11.1. The number of hydrogen-bond acceptors (Lipinski definition) is 1. The summed E-state index contributed by atoms with van der Waals surface area (Å²) >= 11 is 2.44. The van der Waals surface area contributed by atoms with Gasteiger partial charge in [0.25, 0.3) is 0 Å². The van der Waals surface area contributed by atoms with E-state index >= 15 is 0 Å². The predicted molar refractivity (Wildman–Crippen MR) is 88.5 cm³/mol. The molecule has 2 heteroatoms. The van der Waals surface area contributed by atoms with E-state index in [4.69, 9.17) is 0 Å². The Morgan fingerprint density at radius 1 is 1.16 bits per heavy atom. The molecule has 2 aromatic rings. The van der Waals surface area contributed by atoms with Crippen molar-refractivity contribution in [3.8, 4) is 0 Å². The van der Waals surface area contributed by atoms with Crippen molar-refractivity contribution in [3.63, 3.8) is 0 Å². The van der Waals surface area contributed by atoms with Crippen LogP contribution in [0.4, 0.5) is 0 Å². The van der Waals surface area contributed by atoms with Crippen molar-refractivity contribution in [1.82, 2.24) is 5.32 Å². The second-order valence-electron chi connectivity index (χ2n) is 5.20. The maximum Gasteiger partial charge on any atom is 0.0334 e. The monoisotopic (exact) mass is 363 g/mol. The Labute approximate surface area is 128 Å². The fourth-order valence-corrected chi connectivity index (χ4v) is 3.78. The highest BCUT2D eigenvalue weighted by Crippen LogP contribution is 2.41. The molecule has 2 aromatic carbocycles. The van der Waals surface area contributed by atoms with Gasteiger partial charge in [0.2, 0.25) is 0 Å². The number of fused-ring (bicyclic) bond motifs is 1. The molecule has 98 valence electrons. The minimum Gasteiger partial charge on any atom is -0.313 e. The summed E-state index contributed by atoms with van der Waals surface area (Å²) in [4.78, 5) is 0. The van der Waals surface area contributed by atoms with E-state index in [0.717, 1.165) is 0 Å². The van der Waals surface area contributed by atoms with Crippen LogP contribution in [-0.2, 0) is 6.42 Å². The van der Waals surface area contributed by atoms with Crippen LogP contribution in [0.3, 0.4) is 0 Å². The van der Waals surface area contributed by atoms with E-state index in [1.807, 2.05) is 0 Å². The maximum absolute atomic E-state index is 3.48.